The van der Waals surface area contributed by atoms with Crippen LogP contribution in [0.1, 0.15) is 47.7 Å². The molecule has 1 aromatic carbocycles. The zero-order valence-corrected chi connectivity index (χ0v) is 24.5. The second-order valence-corrected chi connectivity index (χ2v) is 10.5. The van der Waals surface area contributed by atoms with Gasteiger partial charge in [-0.25, -0.2) is 15.0 Å². The molecule has 1 aliphatic rings. The highest BCUT2D eigenvalue weighted by molar-refractivity contribution is 6.30. The SMILES string of the molecule is CC(=O)c1nn(CC(=O)N2CC(C)CC2C=O)c2c(CO)cc(-c3cnc(C)nc3)cc12.[B]c1ccc(C)c(NC)n1. The number of hydrogen-bond acceptors (Lipinski definition) is 9. The van der Waals surface area contributed by atoms with E-state index in [2.05, 4.69) is 25.4 Å². The zero-order valence-electron chi connectivity index (χ0n) is 24.5. The first-order valence-corrected chi connectivity index (χ1v) is 13.7. The second kappa shape index (κ2) is 13.0. The van der Waals surface area contributed by atoms with Crippen molar-refractivity contribution in [2.24, 2.45) is 5.92 Å². The molecule has 2 N–H and O–H groups in total. The van der Waals surface area contributed by atoms with Crippen LogP contribution in [0.25, 0.3) is 22.0 Å². The van der Waals surface area contributed by atoms with Gasteiger partial charge in [0.2, 0.25) is 5.91 Å². The van der Waals surface area contributed by atoms with E-state index in [0.717, 1.165) is 28.8 Å². The Morgan fingerprint density at radius 3 is 2.48 bits per heavy atom. The highest BCUT2D eigenvalue weighted by atomic mass is 16.3. The Kier molecular flexibility index (Phi) is 9.47. The van der Waals surface area contributed by atoms with Crippen LogP contribution in [0, 0.1) is 19.8 Å². The smallest absolute Gasteiger partial charge is 0.244 e. The predicted molar refractivity (Wildman–Crippen MR) is 161 cm³/mol. The lowest BCUT2D eigenvalue weighted by atomic mass is 10.0. The Morgan fingerprint density at radius 2 is 1.88 bits per heavy atom. The summed E-state index contributed by atoms with van der Waals surface area (Å²) in [6.07, 6.45) is 4.80. The van der Waals surface area contributed by atoms with Gasteiger partial charge in [0.1, 0.15) is 38.0 Å². The Bertz CT molecular complexity index is 1620. The fourth-order valence-corrected chi connectivity index (χ4v) is 5.12. The van der Waals surface area contributed by atoms with Crippen LogP contribution < -0.4 is 10.9 Å². The number of aldehydes is 1. The minimum atomic E-state index is -0.447. The minimum absolute atomic E-state index is 0.124. The van der Waals surface area contributed by atoms with Gasteiger partial charge in [0.05, 0.1) is 18.2 Å². The number of nitrogens with one attached hydrogen (secondary N) is 1. The Hall–Kier alpha value is -4.45. The van der Waals surface area contributed by atoms with E-state index in [4.69, 9.17) is 7.85 Å². The number of aliphatic hydroxyl groups excluding tert-OH is 1. The quantitative estimate of drug-likeness (QED) is 0.195. The number of likely N-dealkylation sites (tertiary alicyclic amines) is 1. The largest absolute Gasteiger partial charge is 0.392 e. The van der Waals surface area contributed by atoms with E-state index in [1.165, 1.54) is 11.6 Å². The molecular weight excluding hydrogens is 533 g/mol. The molecule has 1 fully saturated rings. The summed E-state index contributed by atoms with van der Waals surface area (Å²) in [5.74, 6) is 1.23. The summed E-state index contributed by atoms with van der Waals surface area (Å²) in [6, 6.07) is 6.87. The molecule has 5 rings (SSSR count). The molecule has 0 saturated carbocycles. The van der Waals surface area contributed by atoms with Gasteiger partial charge in [0.15, 0.2) is 5.78 Å². The van der Waals surface area contributed by atoms with Gasteiger partial charge in [0.25, 0.3) is 0 Å². The fourth-order valence-electron chi connectivity index (χ4n) is 5.12. The molecule has 12 heteroatoms. The molecule has 11 nitrogen and oxygen atoms in total. The third-order valence-corrected chi connectivity index (χ3v) is 7.21. The molecule has 0 spiro atoms. The maximum Gasteiger partial charge on any atom is 0.244 e. The van der Waals surface area contributed by atoms with Crippen molar-refractivity contribution >= 4 is 48.1 Å². The number of fused-ring (bicyclic) bond motifs is 1. The summed E-state index contributed by atoms with van der Waals surface area (Å²) in [6.45, 7) is 7.27. The number of carbonyl (C=O) groups is 3. The van der Waals surface area contributed by atoms with Crippen LogP contribution in [0.5, 0.6) is 0 Å². The highest BCUT2D eigenvalue weighted by Gasteiger charge is 2.33. The Labute approximate surface area is 245 Å². The average molecular weight is 567 g/mol. The standard InChI is InChI=1S/C23H25N5O4.C7H9BN2/c1-13-4-19(12-30)27(9-13)21(32)10-28-23-17(11-29)5-16(18-7-24-15(3)25-8-18)6-20(23)22(26-28)14(2)31;1-5-3-4-6(8)10-7(5)9-2/h5-8,12-13,19,29H,4,9-11H2,1-3H3;3-4H,1-2H3,(H,9,10). The van der Waals surface area contributed by atoms with Gasteiger partial charge in [-0.2, -0.15) is 5.10 Å². The normalized spacial score (nSPS) is 16.2. The maximum absolute atomic E-state index is 13.0. The highest BCUT2D eigenvalue weighted by Crippen LogP contribution is 2.31. The molecule has 42 heavy (non-hydrogen) atoms. The number of Topliss-reactive ketones (excluding diaryl/α,β-unsaturated/α-hetero) is 1. The molecule has 4 aromatic rings. The molecule has 216 valence electrons. The molecule has 2 radical (unpaired) electrons. The Balaban J connectivity index is 0.000000343. The lowest BCUT2D eigenvalue weighted by Gasteiger charge is -2.21. The predicted octanol–water partition coefficient (Wildman–Crippen LogP) is 2.16. The second-order valence-electron chi connectivity index (χ2n) is 10.5. The number of hydrogen-bond donors (Lipinski definition) is 2. The van der Waals surface area contributed by atoms with E-state index in [1.807, 2.05) is 27.0 Å². The number of carbonyl (C=O) groups excluding carboxylic acids is 3. The lowest BCUT2D eigenvalue weighted by Crippen LogP contribution is -2.39. The fraction of sp³-hybridized carbons (Fsp3) is 0.367. The van der Waals surface area contributed by atoms with Crippen molar-refractivity contribution in [3.63, 3.8) is 0 Å². The number of rotatable bonds is 7. The molecule has 2 atom stereocenters. The van der Waals surface area contributed by atoms with E-state index in [-0.39, 0.29) is 36.5 Å². The first-order valence-electron chi connectivity index (χ1n) is 13.7. The van der Waals surface area contributed by atoms with Gasteiger partial charge >= 0.3 is 0 Å². The van der Waals surface area contributed by atoms with Gasteiger partial charge < -0.3 is 20.1 Å². The summed E-state index contributed by atoms with van der Waals surface area (Å²) in [5.41, 5.74) is 4.42. The zero-order chi connectivity index (χ0) is 30.6. The number of aryl methyl sites for hydroxylation is 2. The number of nitrogens with zero attached hydrogens (tertiary/aromatic N) is 6. The number of ketones is 1. The minimum Gasteiger partial charge on any atom is -0.392 e. The average Bonchev–Trinajstić information content (AvgIpc) is 3.54. The molecule has 4 heterocycles. The van der Waals surface area contributed by atoms with Crippen LogP contribution in [0.15, 0.2) is 36.7 Å². The number of amides is 1. The molecule has 0 bridgehead atoms. The molecular formula is C30H34BN7O4. The van der Waals surface area contributed by atoms with Crippen LogP contribution in [0.2, 0.25) is 0 Å². The summed E-state index contributed by atoms with van der Waals surface area (Å²) in [5, 5.41) is 18.0. The summed E-state index contributed by atoms with van der Waals surface area (Å²) in [4.78, 5) is 50.8. The van der Waals surface area contributed by atoms with Crippen LogP contribution in [0.3, 0.4) is 0 Å². The van der Waals surface area contributed by atoms with Crippen LogP contribution in [-0.4, -0.2) is 80.2 Å². The first-order chi connectivity index (χ1) is 20.1. The first kappa shape index (κ1) is 30.5. The van der Waals surface area contributed by atoms with Gasteiger partial charge in [-0.05, 0) is 55.0 Å². The number of pyridine rings is 1. The van der Waals surface area contributed by atoms with E-state index < -0.39 is 6.04 Å². The van der Waals surface area contributed by atoms with E-state index >= 15 is 0 Å². The van der Waals surface area contributed by atoms with E-state index in [1.54, 1.807) is 42.4 Å². The number of aliphatic hydroxyl groups is 1. The van der Waals surface area contributed by atoms with Crippen molar-refractivity contribution in [1.29, 1.82) is 0 Å². The van der Waals surface area contributed by atoms with Crippen molar-refractivity contribution < 1.29 is 19.5 Å². The number of aromatic nitrogens is 5. The van der Waals surface area contributed by atoms with Crippen LogP contribution in [0.4, 0.5) is 5.82 Å². The van der Waals surface area contributed by atoms with E-state index in [0.29, 0.717) is 40.8 Å². The van der Waals surface area contributed by atoms with E-state index in [9.17, 15) is 19.5 Å². The molecule has 0 aliphatic carbocycles. The molecule has 1 amide bonds. The van der Waals surface area contributed by atoms with Gasteiger partial charge in [-0.3, -0.25) is 14.3 Å². The summed E-state index contributed by atoms with van der Waals surface area (Å²) in [7, 11) is 7.28. The summed E-state index contributed by atoms with van der Waals surface area (Å²) < 4.78 is 1.46. The van der Waals surface area contributed by atoms with Crippen molar-refractivity contribution in [3.05, 3.63) is 59.3 Å². The monoisotopic (exact) mass is 567 g/mol. The van der Waals surface area contributed by atoms with Gasteiger partial charge in [-0.1, -0.05) is 19.1 Å². The number of anilines is 1. The van der Waals surface area contributed by atoms with Crippen LogP contribution in [-0.2, 0) is 22.7 Å². The maximum atomic E-state index is 13.0. The third-order valence-electron chi connectivity index (χ3n) is 7.21. The summed E-state index contributed by atoms with van der Waals surface area (Å²) >= 11 is 0. The molecule has 3 aromatic heterocycles. The van der Waals surface area contributed by atoms with Gasteiger partial charge in [0, 0.05) is 49.4 Å². The molecule has 1 aliphatic heterocycles. The van der Waals surface area contributed by atoms with Crippen molar-refractivity contribution in [1.82, 2.24) is 29.6 Å². The Morgan fingerprint density at radius 1 is 1.17 bits per heavy atom. The van der Waals surface area contributed by atoms with Crippen molar-refractivity contribution in [2.45, 2.75) is 53.3 Å². The third kappa shape index (κ3) is 6.54. The number of benzene rings is 1. The molecule has 2 unspecified atom stereocenters. The lowest BCUT2D eigenvalue weighted by molar-refractivity contribution is -0.135. The van der Waals surface area contributed by atoms with Crippen molar-refractivity contribution in [3.8, 4) is 11.1 Å². The molecule has 1 saturated heterocycles. The van der Waals surface area contributed by atoms with Crippen LogP contribution >= 0.6 is 0 Å². The van der Waals surface area contributed by atoms with Gasteiger partial charge in [-0.15, -0.1) is 0 Å². The topological polar surface area (TPSA) is 143 Å². The van der Waals surface area contributed by atoms with Crippen molar-refractivity contribution in [2.75, 3.05) is 18.9 Å².